The number of nitrogens with two attached hydrogens (primary N) is 1. The van der Waals surface area contributed by atoms with E-state index in [0.717, 1.165) is 5.56 Å². The first kappa shape index (κ1) is 14.1. The van der Waals surface area contributed by atoms with E-state index in [-0.39, 0.29) is 11.8 Å². The van der Waals surface area contributed by atoms with Crippen molar-refractivity contribution in [3.05, 3.63) is 35.4 Å². The lowest BCUT2D eigenvalue weighted by molar-refractivity contribution is 0.0984. The predicted octanol–water partition coefficient (Wildman–Crippen LogP) is 2.62. The quantitative estimate of drug-likeness (QED) is 0.629. The average Bonchev–Trinajstić information content (AvgIpc) is 2.25. The Kier molecular flexibility index (Phi) is 4.60. The van der Waals surface area contributed by atoms with Crippen LogP contribution in [0.2, 0.25) is 0 Å². The molecule has 0 aliphatic rings. The maximum Gasteiger partial charge on any atom is 0.255 e. The molecule has 2 nitrogen and oxygen atoms in total. The fourth-order valence-corrected chi connectivity index (χ4v) is 1.62. The highest BCUT2D eigenvalue weighted by molar-refractivity contribution is 5.28. The molecule has 0 bridgehead atoms. The smallest absolute Gasteiger partial charge is 0.255 e. The van der Waals surface area contributed by atoms with Gasteiger partial charge in [0.15, 0.2) is 0 Å². The van der Waals surface area contributed by atoms with Gasteiger partial charge < -0.3 is 0 Å². The third-order valence-corrected chi connectivity index (χ3v) is 2.79. The van der Waals surface area contributed by atoms with E-state index in [9.17, 15) is 8.78 Å². The van der Waals surface area contributed by atoms with E-state index < -0.39 is 12.5 Å². The van der Waals surface area contributed by atoms with Crippen LogP contribution >= 0.6 is 0 Å². The van der Waals surface area contributed by atoms with Crippen molar-refractivity contribution in [2.24, 2.45) is 5.84 Å². The normalized spacial score (nSPS) is 14.1. The summed E-state index contributed by atoms with van der Waals surface area (Å²) in [6, 6.07) is 6.74. The molecular formula is C13H20F2N2. The van der Waals surface area contributed by atoms with Crippen LogP contribution in [0.15, 0.2) is 24.3 Å². The summed E-state index contributed by atoms with van der Waals surface area (Å²) in [5.74, 6) is 5.09. The van der Waals surface area contributed by atoms with Crippen LogP contribution in [-0.4, -0.2) is 12.5 Å². The number of nitrogens with one attached hydrogen (secondary N) is 1. The standard InChI is InChI=1S/C13H20F2N2/c1-13(2,3)10-6-4-9(5-7-10)8-11(17-16)12(14)15/h4-7,11-12,17H,8,16H2,1-3H3. The van der Waals surface area contributed by atoms with Gasteiger partial charge in [-0.3, -0.25) is 11.3 Å². The molecule has 0 aliphatic carbocycles. The molecule has 1 aromatic rings. The molecule has 0 saturated heterocycles. The molecule has 3 N–H and O–H groups in total. The topological polar surface area (TPSA) is 38.0 Å². The molecule has 0 saturated carbocycles. The van der Waals surface area contributed by atoms with Crippen LogP contribution in [0.1, 0.15) is 31.9 Å². The van der Waals surface area contributed by atoms with Gasteiger partial charge in [-0.1, -0.05) is 45.0 Å². The summed E-state index contributed by atoms with van der Waals surface area (Å²) in [7, 11) is 0. The molecule has 4 heteroatoms. The van der Waals surface area contributed by atoms with E-state index in [1.807, 2.05) is 24.3 Å². The maximum atomic E-state index is 12.5. The highest BCUT2D eigenvalue weighted by Gasteiger charge is 2.19. The van der Waals surface area contributed by atoms with E-state index in [1.54, 1.807) is 0 Å². The summed E-state index contributed by atoms with van der Waals surface area (Å²) in [5.41, 5.74) is 4.27. The van der Waals surface area contributed by atoms with Gasteiger partial charge in [0, 0.05) is 0 Å². The van der Waals surface area contributed by atoms with Gasteiger partial charge in [-0.05, 0) is 23.0 Å². The molecule has 0 heterocycles. The zero-order chi connectivity index (χ0) is 13.1. The highest BCUT2D eigenvalue weighted by atomic mass is 19.3. The Bertz CT molecular complexity index is 341. The Morgan fingerprint density at radius 3 is 2.06 bits per heavy atom. The molecule has 0 spiro atoms. The molecule has 1 unspecified atom stereocenters. The number of hydrogen-bond donors (Lipinski definition) is 2. The van der Waals surface area contributed by atoms with Crippen molar-refractivity contribution in [2.45, 2.75) is 45.1 Å². The molecule has 1 atom stereocenters. The van der Waals surface area contributed by atoms with E-state index >= 15 is 0 Å². The summed E-state index contributed by atoms with van der Waals surface area (Å²) in [5, 5.41) is 0. The Labute approximate surface area is 101 Å². The van der Waals surface area contributed by atoms with Crippen LogP contribution in [-0.2, 0) is 11.8 Å². The molecular weight excluding hydrogens is 222 g/mol. The first-order chi connectivity index (χ1) is 7.84. The summed E-state index contributed by atoms with van der Waals surface area (Å²) < 4.78 is 25.0. The molecule has 0 radical (unpaired) electrons. The van der Waals surface area contributed by atoms with E-state index in [0.29, 0.717) is 0 Å². The number of halogens is 2. The Balaban J connectivity index is 2.75. The van der Waals surface area contributed by atoms with Crippen LogP contribution in [0.25, 0.3) is 0 Å². The van der Waals surface area contributed by atoms with Gasteiger partial charge in [0.05, 0.1) is 6.04 Å². The van der Waals surface area contributed by atoms with Crippen molar-refractivity contribution in [3.8, 4) is 0 Å². The predicted molar refractivity (Wildman–Crippen MR) is 66.0 cm³/mol. The van der Waals surface area contributed by atoms with E-state index in [2.05, 4.69) is 26.2 Å². The summed E-state index contributed by atoms with van der Waals surface area (Å²) in [4.78, 5) is 0. The second-order valence-electron chi connectivity index (χ2n) is 5.26. The largest absolute Gasteiger partial charge is 0.271 e. The van der Waals surface area contributed by atoms with E-state index in [1.165, 1.54) is 5.56 Å². The van der Waals surface area contributed by atoms with Crippen LogP contribution in [0.3, 0.4) is 0 Å². The monoisotopic (exact) mass is 242 g/mol. The lowest BCUT2D eigenvalue weighted by Crippen LogP contribution is -2.42. The molecule has 0 aliphatic heterocycles. The maximum absolute atomic E-state index is 12.5. The lowest BCUT2D eigenvalue weighted by Gasteiger charge is -2.20. The Morgan fingerprint density at radius 2 is 1.71 bits per heavy atom. The fraction of sp³-hybridized carbons (Fsp3) is 0.538. The van der Waals surface area contributed by atoms with Gasteiger partial charge in [0.2, 0.25) is 0 Å². The minimum absolute atomic E-state index is 0.0762. The summed E-state index contributed by atoms with van der Waals surface area (Å²) in [6.07, 6.45) is -2.22. The average molecular weight is 242 g/mol. The summed E-state index contributed by atoms with van der Waals surface area (Å²) in [6.45, 7) is 6.35. The second kappa shape index (κ2) is 5.56. The molecule has 0 aromatic heterocycles. The van der Waals surface area contributed by atoms with Crippen molar-refractivity contribution in [2.75, 3.05) is 0 Å². The Hall–Kier alpha value is -1.00. The van der Waals surface area contributed by atoms with Gasteiger partial charge >= 0.3 is 0 Å². The van der Waals surface area contributed by atoms with Crippen LogP contribution < -0.4 is 11.3 Å². The van der Waals surface area contributed by atoms with Crippen molar-refractivity contribution >= 4 is 0 Å². The number of hydrogen-bond acceptors (Lipinski definition) is 2. The fourth-order valence-electron chi connectivity index (χ4n) is 1.62. The minimum atomic E-state index is -2.46. The van der Waals surface area contributed by atoms with Gasteiger partial charge in [-0.15, -0.1) is 0 Å². The van der Waals surface area contributed by atoms with Crippen molar-refractivity contribution < 1.29 is 8.78 Å². The summed E-state index contributed by atoms with van der Waals surface area (Å²) >= 11 is 0. The van der Waals surface area contributed by atoms with Crippen molar-refractivity contribution in [1.29, 1.82) is 0 Å². The lowest BCUT2D eigenvalue weighted by atomic mass is 9.86. The minimum Gasteiger partial charge on any atom is -0.271 e. The zero-order valence-electron chi connectivity index (χ0n) is 10.5. The third-order valence-electron chi connectivity index (χ3n) is 2.79. The molecule has 1 aromatic carbocycles. The van der Waals surface area contributed by atoms with Gasteiger partial charge in [0.25, 0.3) is 6.43 Å². The van der Waals surface area contributed by atoms with Crippen LogP contribution in [0.4, 0.5) is 8.78 Å². The third kappa shape index (κ3) is 4.06. The van der Waals surface area contributed by atoms with Crippen molar-refractivity contribution in [1.82, 2.24) is 5.43 Å². The SMILES string of the molecule is CC(C)(C)c1ccc(CC(NN)C(F)F)cc1. The number of benzene rings is 1. The molecule has 0 amide bonds. The molecule has 1 rings (SSSR count). The molecule has 0 fully saturated rings. The van der Waals surface area contributed by atoms with E-state index in [4.69, 9.17) is 5.84 Å². The second-order valence-corrected chi connectivity index (χ2v) is 5.26. The first-order valence-corrected chi connectivity index (χ1v) is 5.68. The van der Waals surface area contributed by atoms with Crippen LogP contribution in [0.5, 0.6) is 0 Å². The van der Waals surface area contributed by atoms with Gasteiger partial charge in [0.1, 0.15) is 0 Å². The number of hydrazine groups is 1. The molecule has 96 valence electrons. The highest BCUT2D eigenvalue weighted by Crippen LogP contribution is 2.22. The van der Waals surface area contributed by atoms with Crippen LogP contribution in [0, 0.1) is 0 Å². The van der Waals surface area contributed by atoms with Crippen molar-refractivity contribution in [3.63, 3.8) is 0 Å². The number of alkyl halides is 2. The number of rotatable bonds is 4. The first-order valence-electron chi connectivity index (χ1n) is 5.68. The van der Waals surface area contributed by atoms with Gasteiger partial charge in [-0.2, -0.15) is 0 Å². The molecule has 17 heavy (non-hydrogen) atoms. The zero-order valence-corrected chi connectivity index (χ0v) is 10.5. The van der Waals surface area contributed by atoms with Gasteiger partial charge in [-0.25, -0.2) is 8.78 Å². The Morgan fingerprint density at radius 1 is 1.18 bits per heavy atom.